The summed E-state index contributed by atoms with van der Waals surface area (Å²) in [4.78, 5) is 18.5. The van der Waals surface area contributed by atoms with Crippen molar-refractivity contribution in [3.8, 4) is 39.5 Å². The Kier molecular flexibility index (Phi) is 7.52. The molecule has 196 valence electrons. The van der Waals surface area contributed by atoms with Gasteiger partial charge >= 0.3 is 6.36 Å². The van der Waals surface area contributed by atoms with Crippen molar-refractivity contribution in [3.05, 3.63) is 79.1 Å². The summed E-state index contributed by atoms with van der Waals surface area (Å²) < 4.78 is 41.5. The molecular formula is C28H26F3N5O2. The van der Waals surface area contributed by atoms with Gasteiger partial charge in [0.05, 0.1) is 12.3 Å². The number of nitrogens with zero attached hydrogens (tertiary/aromatic N) is 5. The standard InChI is InChI=1S/C28H26F3N5O2/c29-28(30,31)38-24-8-6-20(7-9-24)22-16-23(19-32-18-22)25-17-26(36-12-10-35(11-13-36)14-15-37)34-27(33-25)21-4-2-1-3-5-21/h1-9,16-19,37H,10-15H2. The Labute approximate surface area is 218 Å². The fourth-order valence-electron chi connectivity index (χ4n) is 4.39. The third kappa shape index (κ3) is 6.27. The number of aliphatic hydroxyl groups is 1. The third-order valence-corrected chi connectivity index (χ3v) is 6.31. The van der Waals surface area contributed by atoms with Gasteiger partial charge in [-0.3, -0.25) is 9.88 Å². The van der Waals surface area contributed by atoms with Gasteiger partial charge in [-0.05, 0) is 23.8 Å². The van der Waals surface area contributed by atoms with Gasteiger partial charge in [0.15, 0.2) is 5.82 Å². The maximum atomic E-state index is 12.5. The number of halogens is 3. The fourth-order valence-corrected chi connectivity index (χ4v) is 4.39. The lowest BCUT2D eigenvalue weighted by molar-refractivity contribution is -0.274. The van der Waals surface area contributed by atoms with Gasteiger partial charge in [-0.25, -0.2) is 9.97 Å². The molecule has 2 aromatic carbocycles. The van der Waals surface area contributed by atoms with E-state index in [1.807, 2.05) is 42.5 Å². The van der Waals surface area contributed by atoms with E-state index in [-0.39, 0.29) is 12.4 Å². The van der Waals surface area contributed by atoms with E-state index in [1.54, 1.807) is 24.5 Å². The topological polar surface area (TPSA) is 74.6 Å². The minimum atomic E-state index is -4.74. The Morgan fingerprint density at radius 1 is 0.789 bits per heavy atom. The molecule has 10 heteroatoms. The van der Waals surface area contributed by atoms with Crippen LogP contribution in [0.2, 0.25) is 0 Å². The van der Waals surface area contributed by atoms with E-state index in [4.69, 9.17) is 9.97 Å². The Morgan fingerprint density at radius 2 is 1.50 bits per heavy atom. The van der Waals surface area contributed by atoms with E-state index in [2.05, 4.69) is 19.5 Å². The highest BCUT2D eigenvalue weighted by atomic mass is 19.4. The van der Waals surface area contributed by atoms with E-state index in [0.717, 1.165) is 48.7 Å². The Morgan fingerprint density at radius 3 is 2.18 bits per heavy atom. The number of ether oxygens (including phenoxy) is 1. The summed E-state index contributed by atoms with van der Waals surface area (Å²) in [6.07, 6.45) is -1.37. The number of rotatable bonds is 7. The van der Waals surface area contributed by atoms with Gasteiger partial charge in [-0.15, -0.1) is 13.2 Å². The van der Waals surface area contributed by atoms with Gasteiger partial charge in [0.2, 0.25) is 0 Å². The first-order valence-electron chi connectivity index (χ1n) is 12.2. The highest BCUT2D eigenvalue weighted by Gasteiger charge is 2.31. The lowest BCUT2D eigenvalue weighted by Crippen LogP contribution is -2.47. The minimum absolute atomic E-state index is 0.136. The first kappa shape index (κ1) is 25.6. The summed E-state index contributed by atoms with van der Waals surface area (Å²) in [5.74, 6) is 1.11. The molecule has 0 radical (unpaired) electrons. The van der Waals surface area contributed by atoms with E-state index in [0.29, 0.717) is 23.6 Å². The van der Waals surface area contributed by atoms with Crippen LogP contribution in [0.15, 0.2) is 79.1 Å². The molecule has 0 aliphatic carbocycles. The quantitative estimate of drug-likeness (QED) is 0.371. The molecule has 3 heterocycles. The summed E-state index contributed by atoms with van der Waals surface area (Å²) in [7, 11) is 0. The molecule has 0 spiro atoms. The second kappa shape index (κ2) is 11.2. The number of benzene rings is 2. The zero-order valence-electron chi connectivity index (χ0n) is 20.5. The lowest BCUT2D eigenvalue weighted by atomic mass is 10.0. The molecule has 38 heavy (non-hydrogen) atoms. The molecule has 1 fully saturated rings. The Bertz CT molecular complexity index is 1360. The lowest BCUT2D eigenvalue weighted by Gasteiger charge is -2.35. The molecule has 0 atom stereocenters. The molecule has 1 aliphatic rings. The second-order valence-corrected chi connectivity index (χ2v) is 8.89. The summed E-state index contributed by atoms with van der Waals surface area (Å²) >= 11 is 0. The largest absolute Gasteiger partial charge is 0.573 e. The van der Waals surface area contributed by atoms with Crippen molar-refractivity contribution in [2.45, 2.75) is 6.36 Å². The molecule has 0 unspecified atom stereocenters. The molecule has 1 saturated heterocycles. The minimum Gasteiger partial charge on any atom is -0.406 e. The van der Waals surface area contributed by atoms with Gasteiger partial charge in [0.1, 0.15) is 11.6 Å². The predicted octanol–water partition coefficient (Wildman–Crippen LogP) is 4.89. The molecule has 0 amide bonds. The van der Waals surface area contributed by atoms with Crippen LogP contribution in [0.25, 0.3) is 33.8 Å². The van der Waals surface area contributed by atoms with Gasteiger partial charge < -0.3 is 14.7 Å². The first-order valence-corrected chi connectivity index (χ1v) is 12.2. The van der Waals surface area contributed by atoms with Crippen molar-refractivity contribution in [3.63, 3.8) is 0 Å². The molecule has 1 N–H and O–H groups in total. The van der Waals surface area contributed by atoms with Crippen molar-refractivity contribution >= 4 is 5.82 Å². The van der Waals surface area contributed by atoms with Crippen molar-refractivity contribution < 1.29 is 23.0 Å². The van der Waals surface area contributed by atoms with Crippen molar-refractivity contribution in [2.75, 3.05) is 44.2 Å². The molecule has 0 bridgehead atoms. The monoisotopic (exact) mass is 521 g/mol. The van der Waals surface area contributed by atoms with Crippen LogP contribution in [0.5, 0.6) is 5.75 Å². The van der Waals surface area contributed by atoms with Crippen molar-refractivity contribution in [1.82, 2.24) is 19.9 Å². The number of aromatic nitrogens is 3. The average Bonchev–Trinajstić information content (AvgIpc) is 2.93. The number of hydrogen-bond acceptors (Lipinski definition) is 7. The normalized spacial score (nSPS) is 14.5. The third-order valence-electron chi connectivity index (χ3n) is 6.31. The van der Waals surface area contributed by atoms with E-state index in [9.17, 15) is 18.3 Å². The Balaban J connectivity index is 1.47. The molecule has 4 aromatic rings. The number of alkyl halides is 3. The molecular weight excluding hydrogens is 495 g/mol. The van der Waals surface area contributed by atoms with Crippen LogP contribution in [0.1, 0.15) is 0 Å². The fraction of sp³-hybridized carbons (Fsp3) is 0.250. The smallest absolute Gasteiger partial charge is 0.406 e. The molecule has 2 aromatic heterocycles. The number of aliphatic hydroxyl groups excluding tert-OH is 1. The number of hydrogen-bond donors (Lipinski definition) is 1. The van der Waals surface area contributed by atoms with Gasteiger partial charge in [-0.2, -0.15) is 0 Å². The van der Waals surface area contributed by atoms with Gasteiger partial charge in [-0.1, -0.05) is 42.5 Å². The van der Waals surface area contributed by atoms with Crippen molar-refractivity contribution in [1.29, 1.82) is 0 Å². The van der Waals surface area contributed by atoms with Crippen LogP contribution < -0.4 is 9.64 Å². The van der Waals surface area contributed by atoms with E-state index < -0.39 is 6.36 Å². The van der Waals surface area contributed by atoms with E-state index >= 15 is 0 Å². The molecule has 0 saturated carbocycles. The highest BCUT2D eigenvalue weighted by molar-refractivity contribution is 5.73. The zero-order chi connectivity index (χ0) is 26.5. The second-order valence-electron chi connectivity index (χ2n) is 8.89. The SMILES string of the molecule is OCCN1CCN(c2cc(-c3cncc(-c4ccc(OC(F)(F)F)cc4)c3)nc(-c3ccccc3)n2)CC1. The highest BCUT2D eigenvalue weighted by Crippen LogP contribution is 2.30. The predicted molar refractivity (Wildman–Crippen MR) is 139 cm³/mol. The average molecular weight is 522 g/mol. The maximum absolute atomic E-state index is 12.5. The van der Waals surface area contributed by atoms with Crippen molar-refractivity contribution in [2.24, 2.45) is 0 Å². The molecule has 5 rings (SSSR count). The first-order chi connectivity index (χ1) is 18.4. The van der Waals surface area contributed by atoms with Crippen LogP contribution in [0.3, 0.4) is 0 Å². The summed E-state index contributed by atoms with van der Waals surface area (Å²) in [5, 5.41) is 9.26. The van der Waals surface area contributed by atoms with Crippen LogP contribution >= 0.6 is 0 Å². The number of β-amino-alcohol motifs (C(OH)–C–C–N with tert-alkyl or cyclic N) is 1. The van der Waals surface area contributed by atoms with Crippen LogP contribution in [0, 0.1) is 0 Å². The van der Waals surface area contributed by atoms with Crippen LogP contribution in [0.4, 0.5) is 19.0 Å². The van der Waals surface area contributed by atoms with Gasteiger partial charge in [0.25, 0.3) is 0 Å². The summed E-state index contributed by atoms with van der Waals surface area (Å²) in [5.41, 5.74) is 3.78. The van der Waals surface area contributed by atoms with Gasteiger partial charge in [0, 0.05) is 67.9 Å². The number of piperazine rings is 1. The molecule has 7 nitrogen and oxygen atoms in total. The van der Waals surface area contributed by atoms with E-state index in [1.165, 1.54) is 12.1 Å². The number of pyridine rings is 1. The summed E-state index contributed by atoms with van der Waals surface area (Å²) in [6, 6.07) is 19.3. The van der Waals surface area contributed by atoms with Crippen LogP contribution in [-0.2, 0) is 0 Å². The summed E-state index contributed by atoms with van der Waals surface area (Å²) in [6.45, 7) is 3.99. The number of anilines is 1. The molecule has 1 aliphatic heterocycles. The van der Waals surface area contributed by atoms with Crippen LogP contribution in [-0.4, -0.2) is 70.7 Å². The Hall–Kier alpha value is -4.02. The maximum Gasteiger partial charge on any atom is 0.573 e. The zero-order valence-corrected chi connectivity index (χ0v) is 20.5.